The van der Waals surface area contributed by atoms with Gasteiger partial charge in [-0.15, -0.1) is 0 Å². The van der Waals surface area contributed by atoms with Crippen LogP contribution in [0.25, 0.3) is 11.0 Å². The Labute approximate surface area is 119 Å². The molecular formula is C13H14N4O4. The fourth-order valence-electron chi connectivity index (χ4n) is 1.93. The molecule has 1 aromatic carbocycles. The monoisotopic (exact) mass is 290 g/mol. The minimum absolute atomic E-state index is 0.0942. The predicted molar refractivity (Wildman–Crippen MR) is 73.1 cm³/mol. The Kier molecular flexibility index (Phi) is 4.17. The van der Waals surface area contributed by atoms with E-state index in [-0.39, 0.29) is 6.54 Å². The smallest absolute Gasteiger partial charge is 0.326 e. The fraction of sp³-hybridized carbons (Fsp3) is 0.231. The largest absolute Gasteiger partial charge is 0.480 e. The topological polar surface area (TPSA) is 127 Å². The van der Waals surface area contributed by atoms with Crippen LogP contribution in [0.2, 0.25) is 0 Å². The summed E-state index contributed by atoms with van der Waals surface area (Å²) in [5.41, 5.74) is 6.44. The average molecular weight is 290 g/mol. The number of carbonyl (C=O) groups is 3. The third-order valence-electron chi connectivity index (χ3n) is 2.88. The van der Waals surface area contributed by atoms with Gasteiger partial charge in [0.25, 0.3) is 0 Å². The summed E-state index contributed by atoms with van der Waals surface area (Å²) < 4.78 is 1.59. The number of primary amides is 1. The number of nitrogens with zero attached hydrogens (tertiary/aromatic N) is 2. The van der Waals surface area contributed by atoms with Gasteiger partial charge in [-0.1, -0.05) is 12.1 Å². The number of imidazole rings is 1. The molecule has 1 heterocycles. The quantitative estimate of drug-likeness (QED) is 0.659. The van der Waals surface area contributed by atoms with Crippen molar-refractivity contribution in [3.63, 3.8) is 0 Å². The van der Waals surface area contributed by atoms with Gasteiger partial charge in [0.2, 0.25) is 11.8 Å². The molecule has 0 bridgehead atoms. The Morgan fingerprint density at radius 2 is 2.05 bits per heavy atom. The summed E-state index contributed by atoms with van der Waals surface area (Å²) >= 11 is 0. The molecule has 8 heteroatoms. The lowest BCUT2D eigenvalue weighted by Crippen LogP contribution is -2.44. The Bertz CT molecular complexity index is 694. The van der Waals surface area contributed by atoms with Crippen LogP contribution in [-0.4, -0.2) is 38.5 Å². The van der Waals surface area contributed by atoms with Crippen LogP contribution in [-0.2, 0) is 20.9 Å². The van der Waals surface area contributed by atoms with Crippen LogP contribution in [0.1, 0.15) is 6.42 Å². The Balaban J connectivity index is 2.07. The molecule has 0 aliphatic heterocycles. The highest BCUT2D eigenvalue weighted by atomic mass is 16.4. The molecular weight excluding hydrogens is 276 g/mol. The second kappa shape index (κ2) is 6.04. The Morgan fingerprint density at radius 1 is 1.33 bits per heavy atom. The number of fused-ring (bicyclic) bond motifs is 1. The maximum absolute atomic E-state index is 11.9. The number of para-hydroxylation sites is 2. The van der Waals surface area contributed by atoms with Crippen molar-refractivity contribution < 1.29 is 19.5 Å². The number of carbonyl (C=O) groups excluding carboxylic acids is 2. The van der Waals surface area contributed by atoms with E-state index in [2.05, 4.69) is 10.3 Å². The molecule has 2 amide bonds. The van der Waals surface area contributed by atoms with Gasteiger partial charge in [0.1, 0.15) is 12.6 Å². The van der Waals surface area contributed by atoms with Gasteiger partial charge < -0.3 is 20.7 Å². The minimum atomic E-state index is -1.33. The molecule has 0 radical (unpaired) electrons. The van der Waals surface area contributed by atoms with E-state index in [1.807, 2.05) is 12.1 Å². The number of amides is 2. The summed E-state index contributed by atoms with van der Waals surface area (Å²) in [5.74, 6) is -2.64. The van der Waals surface area contributed by atoms with E-state index >= 15 is 0 Å². The second-order valence-corrected chi connectivity index (χ2v) is 4.49. The molecule has 0 saturated carbocycles. The minimum Gasteiger partial charge on any atom is -0.480 e. The van der Waals surface area contributed by atoms with E-state index in [0.717, 1.165) is 11.0 Å². The SMILES string of the molecule is NC(=O)C[C@H](NC(=O)Cn1cnc2ccccc21)C(=O)O. The highest BCUT2D eigenvalue weighted by Crippen LogP contribution is 2.11. The molecule has 0 unspecified atom stereocenters. The molecule has 2 rings (SSSR count). The molecule has 8 nitrogen and oxygen atoms in total. The number of hydrogen-bond donors (Lipinski definition) is 3. The molecule has 1 atom stereocenters. The second-order valence-electron chi connectivity index (χ2n) is 4.49. The van der Waals surface area contributed by atoms with E-state index in [4.69, 9.17) is 10.8 Å². The molecule has 1 aromatic heterocycles. The molecule has 0 fully saturated rings. The number of carboxylic acids is 1. The number of carboxylic acid groups (broad SMARTS) is 1. The third kappa shape index (κ3) is 3.56. The molecule has 4 N–H and O–H groups in total. The molecule has 0 aliphatic carbocycles. The number of aliphatic carboxylic acids is 1. The van der Waals surface area contributed by atoms with Crippen molar-refractivity contribution >= 4 is 28.8 Å². The number of nitrogens with two attached hydrogens (primary N) is 1. The van der Waals surface area contributed by atoms with Gasteiger partial charge in [0.05, 0.1) is 23.8 Å². The number of aromatic nitrogens is 2. The van der Waals surface area contributed by atoms with Gasteiger partial charge in [-0.25, -0.2) is 9.78 Å². The number of rotatable bonds is 6. The van der Waals surface area contributed by atoms with Crippen LogP contribution < -0.4 is 11.1 Å². The summed E-state index contributed by atoms with van der Waals surface area (Å²) in [6.07, 6.45) is 1.04. The first-order valence-electron chi connectivity index (χ1n) is 6.17. The zero-order valence-electron chi connectivity index (χ0n) is 11.0. The predicted octanol–water partition coefficient (Wildman–Crippen LogP) is -0.519. The molecule has 2 aromatic rings. The van der Waals surface area contributed by atoms with Crippen molar-refractivity contribution in [2.24, 2.45) is 5.73 Å². The maximum atomic E-state index is 11.9. The standard InChI is InChI=1S/C13H14N4O4/c14-11(18)5-9(13(20)21)16-12(19)6-17-7-15-8-3-1-2-4-10(8)17/h1-4,7,9H,5-6H2,(H2,14,18)(H,16,19)(H,20,21)/t9-/m0/s1. The summed E-state index contributed by atoms with van der Waals surface area (Å²) in [4.78, 5) is 37.7. The van der Waals surface area contributed by atoms with Gasteiger partial charge in [0, 0.05) is 0 Å². The van der Waals surface area contributed by atoms with Crippen molar-refractivity contribution in [2.75, 3.05) is 0 Å². The van der Waals surface area contributed by atoms with Crippen LogP contribution in [0.4, 0.5) is 0 Å². The molecule has 0 saturated heterocycles. The summed E-state index contributed by atoms with van der Waals surface area (Å²) in [6.45, 7) is -0.0942. The number of nitrogens with one attached hydrogen (secondary N) is 1. The Hall–Kier alpha value is -2.90. The lowest BCUT2D eigenvalue weighted by Gasteiger charge is -2.13. The van der Waals surface area contributed by atoms with Crippen molar-refractivity contribution in [3.05, 3.63) is 30.6 Å². The van der Waals surface area contributed by atoms with Crippen LogP contribution in [0.3, 0.4) is 0 Å². The zero-order chi connectivity index (χ0) is 15.4. The van der Waals surface area contributed by atoms with Crippen LogP contribution >= 0.6 is 0 Å². The summed E-state index contributed by atoms with van der Waals surface area (Å²) in [7, 11) is 0. The van der Waals surface area contributed by atoms with Gasteiger partial charge in [-0.3, -0.25) is 9.59 Å². The zero-order valence-corrected chi connectivity index (χ0v) is 11.0. The van der Waals surface area contributed by atoms with Gasteiger partial charge in [0.15, 0.2) is 0 Å². The van der Waals surface area contributed by atoms with Crippen molar-refractivity contribution in [1.82, 2.24) is 14.9 Å². The van der Waals surface area contributed by atoms with E-state index < -0.39 is 30.2 Å². The first kappa shape index (κ1) is 14.5. The molecule has 110 valence electrons. The van der Waals surface area contributed by atoms with Crippen molar-refractivity contribution in [2.45, 2.75) is 19.0 Å². The van der Waals surface area contributed by atoms with Crippen LogP contribution in [0.5, 0.6) is 0 Å². The van der Waals surface area contributed by atoms with Gasteiger partial charge >= 0.3 is 5.97 Å². The van der Waals surface area contributed by atoms with E-state index in [1.54, 1.807) is 16.7 Å². The maximum Gasteiger partial charge on any atom is 0.326 e. The van der Waals surface area contributed by atoms with Crippen molar-refractivity contribution in [3.8, 4) is 0 Å². The summed E-state index contributed by atoms with van der Waals surface area (Å²) in [6, 6.07) is 5.91. The number of hydrogen-bond acceptors (Lipinski definition) is 4. The van der Waals surface area contributed by atoms with Crippen molar-refractivity contribution in [1.29, 1.82) is 0 Å². The highest BCUT2D eigenvalue weighted by molar-refractivity contribution is 5.88. The van der Waals surface area contributed by atoms with Gasteiger partial charge in [-0.05, 0) is 12.1 Å². The lowest BCUT2D eigenvalue weighted by molar-refractivity contribution is -0.143. The average Bonchev–Trinajstić information content (AvgIpc) is 2.81. The highest BCUT2D eigenvalue weighted by Gasteiger charge is 2.22. The van der Waals surface area contributed by atoms with E-state index in [1.165, 1.54) is 6.33 Å². The van der Waals surface area contributed by atoms with Gasteiger partial charge in [-0.2, -0.15) is 0 Å². The normalized spacial score (nSPS) is 12.0. The fourth-order valence-corrected chi connectivity index (χ4v) is 1.93. The van der Waals surface area contributed by atoms with Crippen LogP contribution in [0, 0.1) is 0 Å². The lowest BCUT2D eigenvalue weighted by atomic mass is 10.2. The van der Waals surface area contributed by atoms with E-state index in [9.17, 15) is 14.4 Å². The molecule has 0 aliphatic rings. The first-order valence-corrected chi connectivity index (χ1v) is 6.17. The molecule has 0 spiro atoms. The van der Waals surface area contributed by atoms with Crippen LogP contribution in [0.15, 0.2) is 30.6 Å². The summed E-state index contributed by atoms with van der Waals surface area (Å²) in [5, 5.41) is 11.2. The van der Waals surface area contributed by atoms with E-state index in [0.29, 0.717) is 0 Å². The number of benzene rings is 1. The third-order valence-corrected chi connectivity index (χ3v) is 2.88. The Morgan fingerprint density at radius 3 is 2.71 bits per heavy atom. The first-order chi connectivity index (χ1) is 9.97. The molecule has 21 heavy (non-hydrogen) atoms.